The van der Waals surface area contributed by atoms with E-state index in [0.717, 1.165) is 12.2 Å². The minimum atomic E-state index is 0.0855. The van der Waals surface area contributed by atoms with E-state index in [0.29, 0.717) is 32.7 Å². The number of amides is 1. The SMILES string of the molecule is NCCN(CCc1ccccc1)C(=O)CCOc1ccccc1. The highest BCUT2D eigenvalue weighted by Gasteiger charge is 2.12. The Labute approximate surface area is 137 Å². The molecule has 0 spiro atoms. The van der Waals surface area contributed by atoms with Crippen LogP contribution < -0.4 is 10.5 Å². The fraction of sp³-hybridized carbons (Fsp3) is 0.316. The molecule has 0 aliphatic heterocycles. The zero-order valence-corrected chi connectivity index (χ0v) is 13.4. The van der Waals surface area contributed by atoms with Gasteiger partial charge in [0.25, 0.3) is 0 Å². The topological polar surface area (TPSA) is 55.6 Å². The molecule has 0 saturated carbocycles. The van der Waals surface area contributed by atoms with Crippen LogP contribution in [0.3, 0.4) is 0 Å². The first-order valence-corrected chi connectivity index (χ1v) is 7.99. The highest BCUT2D eigenvalue weighted by atomic mass is 16.5. The van der Waals surface area contributed by atoms with Crippen LogP contribution in [0.2, 0.25) is 0 Å². The summed E-state index contributed by atoms with van der Waals surface area (Å²) in [5.74, 6) is 0.872. The molecule has 0 heterocycles. The van der Waals surface area contributed by atoms with E-state index in [1.54, 1.807) is 0 Å². The zero-order chi connectivity index (χ0) is 16.3. The molecule has 0 bridgehead atoms. The quantitative estimate of drug-likeness (QED) is 0.774. The maximum Gasteiger partial charge on any atom is 0.226 e. The zero-order valence-electron chi connectivity index (χ0n) is 13.4. The molecule has 2 rings (SSSR count). The van der Waals surface area contributed by atoms with E-state index < -0.39 is 0 Å². The summed E-state index contributed by atoms with van der Waals surface area (Å²) in [6.45, 7) is 2.12. The second-order valence-electron chi connectivity index (χ2n) is 5.32. The Bertz CT molecular complexity index is 572. The van der Waals surface area contributed by atoms with Gasteiger partial charge in [0.05, 0.1) is 13.0 Å². The fourth-order valence-corrected chi connectivity index (χ4v) is 2.36. The third-order valence-corrected chi connectivity index (χ3v) is 3.59. The molecule has 4 heteroatoms. The standard InChI is InChI=1S/C19H24N2O2/c20-13-15-21(14-11-17-7-3-1-4-8-17)19(22)12-16-23-18-9-5-2-6-10-18/h1-10H,11-16,20H2. The normalized spacial score (nSPS) is 10.3. The Kier molecular flexibility index (Phi) is 7.14. The average Bonchev–Trinajstić information content (AvgIpc) is 2.60. The molecule has 0 aromatic heterocycles. The van der Waals surface area contributed by atoms with Crippen molar-refractivity contribution >= 4 is 5.91 Å². The van der Waals surface area contributed by atoms with E-state index >= 15 is 0 Å². The summed E-state index contributed by atoms with van der Waals surface area (Å²) in [6.07, 6.45) is 1.20. The Morgan fingerprint density at radius 2 is 1.61 bits per heavy atom. The molecule has 1 amide bonds. The monoisotopic (exact) mass is 312 g/mol. The van der Waals surface area contributed by atoms with Crippen molar-refractivity contribution in [2.75, 3.05) is 26.2 Å². The van der Waals surface area contributed by atoms with Gasteiger partial charge in [-0.15, -0.1) is 0 Å². The van der Waals surface area contributed by atoms with Gasteiger partial charge in [0, 0.05) is 19.6 Å². The lowest BCUT2D eigenvalue weighted by Gasteiger charge is -2.22. The van der Waals surface area contributed by atoms with E-state index in [1.165, 1.54) is 5.56 Å². The molecule has 0 fully saturated rings. The highest BCUT2D eigenvalue weighted by molar-refractivity contribution is 5.76. The highest BCUT2D eigenvalue weighted by Crippen LogP contribution is 2.09. The number of carbonyl (C=O) groups is 1. The minimum absolute atomic E-state index is 0.0855. The fourth-order valence-electron chi connectivity index (χ4n) is 2.36. The largest absolute Gasteiger partial charge is 0.493 e. The van der Waals surface area contributed by atoms with Gasteiger partial charge in [0.15, 0.2) is 0 Å². The van der Waals surface area contributed by atoms with Crippen molar-refractivity contribution in [2.45, 2.75) is 12.8 Å². The maximum absolute atomic E-state index is 12.3. The Balaban J connectivity index is 1.78. The first-order valence-electron chi connectivity index (χ1n) is 7.99. The van der Waals surface area contributed by atoms with Gasteiger partial charge in [-0.1, -0.05) is 48.5 Å². The summed E-state index contributed by atoms with van der Waals surface area (Å²) >= 11 is 0. The molecule has 0 aliphatic rings. The molecule has 0 radical (unpaired) electrons. The molecule has 23 heavy (non-hydrogen) atoms. The minimum Gasteiger partial charge on any atom is -0.493 e. The molecule has 0 unspecified atom stereocenters. The van der Waals surface area contributed by atoms with E-state index in [1.807, 2.05) is 53.4 Å². The van der Waals surface area contributed by atoms with Crippen molar-refractivity contribution in [3.05, 3.63) is 66.2 Å². The Morgan fingerprint density at radius 3 is 2.26 bits per heavy atom. The van der Waals surface area contributed by atoms with Crippen LogP contribution in [0.4, 0.5) is 0 Å². The van der Waals surface area contributed by atoms with Gasteiger partial charge in [-0.2, -0.15) is 0 Å². The smallest absolute Gasteiger partial charge is 0.226 e. The van der Waals surface area contributed by atoms with Gasteiger partial charge in [-0.05, 0) is 24.1 Å². The van der Waals surface area contributed by atoms with Gasteiger partial charge in [0.2, 0.25) is 5.91 Å². The summed E-state index contributed by atoms with van der Waals surface area (Å²) in [7, 11) is 0. The number of nitrogens with two attached hydrogens (primary N) is 1. The summed E-state index contributed by atoms with van der Waals surface area (Å²) in [5, 5.41) is 0. The molecule has 0 atom stereocenters. The number of nitrogens with zero attached hydrogens (tertiary/aromatic N) is 1. The second kappa shape index (κ2) is 9.64. The predicted molar refractivity (Wildman–Crippen MR) is 92.3 cm³/mol. The van der Waals surface area contributed by atoms with Crippen LogP contribution in [0.15, 0.2) is 60.7 Å². The van der Waals surface area contributed by atoms with Crippen LogP contribution in [-0.2, 0) is 11.2 Å². The number of carbonyl (C=O) groups excluding carboxylic acids is 1. The maximum atomic E-state index is 12.3. The van der Waals surface area contributed by atoms with E-state index in [2.05, 4.69) is 12.1 Å². The van der Waals surface area contributed by atoms with Crippen molar-refractivity contribution in [2.24, 2.45) is 5.73 Å². The van der Waals surface area contributed by atoms with Crippen molar-refractivity contribution in [1.29, 1.82) is 0 Å². The van der Waals surface area contributed by atoms with Crippen molar-refractivity contribution in [3.63, 3.8) is 0 Å². The van der Waals surface area contributed by atoms with Crippen molar-refractivity contribution < 1.29 is 9.53 Å². The molecule has 0 aliphatic carbocycles. The first-order chi connectivity index (χ1) is 11.3. The van der Waals surface area contributed by atoms with Gasteiger partial charge >= 0.3 is 0 Å². The molecule has 4 nitrogen and oxygen atoms in total. The summed E-state index contributed by atoms with van der Waals surface area (Å²) in [4.78, 5) is 14.2. The molecular formula is C19H24N2O2. The third kappa shape index (κ3) is 6.12. The van der Waals surface area contributed by atoms with Gasteiger partial charge < -0.3 is 15.4 Å². The first kappa shape index (κ1) is 17.0. The van der Waals surface area contributed by atoms with Crippen molar-refractivity contribution in [1.82, 2.24) is 4.90 Å². The van der Waals surface area contributed by atoms with E-state index in [9.17, 15) is 4.79 Å². The van der Waals surface area contributed by atoms with Crippen molar-refractivity contribution in [3.8, 4) is 5.75 Å². The molecule has 2 aromatic rings. The number of benzene rings is 2. The summed E-state index contributed by atoms with van der Waals surface area (Å²) in [6, 6.07) is 19.7. The van der Waals surface area contributed by atoms with E-state index in [-0.39, 0.29) is 5.91 Å². The number of ether oxygens (including phenoxy) is 1. The van der Waals surface area contributed by atoms with E-state index in [4.69, 9.17) is 10.5 Å². The number of hydrogen-bond donors (Lipinski definition) is 1. The van der Waals surface area contributed by atoms with Crippen LogP contribution in [0.1, 0.15) is 12.0 Å². The van der Waals surface area contributed by atoms with Gasteiger partial charge in [0.1, 0.15) is 5.75 Å². The molecular weight excluding hydrogens is 288 g/mol. The Morgan fingerprint density at radius 1 is 0.957 bits per heavy atom. The number of hydrogen-bond acceptors (Lipinski definition) is 3. The average molecular weight is 312 g/mol. The lowest BCUT2D eigenvalue weighted by Crippen LogP contribution is -2.37. The number of para-hydroxylation sites is 1. The van der Waals surface area contributed by atoms with Crippen LogP contribution in [-0.4, -0.2) is 37.0 Å². The molecule has 2 N–H and O–H groups in total. The number of rotatable bonds is 9. The predicted octanol–water partition coefficient (Wildman–Crippen LogP) is 2.49. The molecule has 2 aromatic carbocycles. The lowest BCUT2D eigenvalue weighted by molar-refractivity contribution is -0.131. The van der Waals surface area contributed by atoms with Crippen LogP contribution in [0.5, 0.6) is 5.75 Å². The van der Waals surface area contributed by atoms with Gasteiger partial charge in [-0.3, -0.25) is 4.79 Å². The lowest BCUT2D eigenvalue weighted by atomic mass is 10.1. The van der Waals surface area contributed by atoms with Crippen LogP contribution >= 0.6 is 0 Å². The van der Waals surface area contributed by atoms with Crippen LogP contribution in [0.25, 0.3) is 0 Å². The third-order valence-electron chi connectivity index (χ3n) is 3.59. The molecule has 0 saturated heterocycles. The Hall–Kier alpha value is -2.33. The molecule has 122 valence electrons. The van der Waals surface area contributed by atoms with Crippen LogP contribution in [0, 0.1) is 0 Å². The van der Waals surface area contributed by atoms with Gasteiger partial charge in [-0.25, -0.2) is 0 Å². The second-order valence-corrected chi connectivity index (χ2v) is 5.32. The summed E-state index contributed by atoms with van der Waals surface area (Å²) in [5.41, 5.74) is 6.86. The summed E-state index contributed by atoms with van der Waals surface area (Å²) < 4.78 is 5.59.